The van der Waals surface area contributed by atoms with E-state index in [1.165, 1.54) is 0 Å². The number of rotatable bonds is 4. The van der Waals surface area contributed by atoms with Gasteiger partial charge >= 0.3 is 0 Å². The van der Waals surface area contributed by atoms with Crippen LogP contribution in [0.2, 0.25) is 0 Å². The predicted octanol–water partition coefficient (Wildman–Crippen LogP) is 5.92. The van der Waals surface area contributed by atoms with Crippen LogP contribution in [0.1, 0.15) is 0 Å². The zero-order valence-corrected chi connectivity index (χ0v) is 19.8. The first-order valence-corrected chi connectivity index (χ1v) is 12.8. The van der Waals surface area contributed by atoms with Crippen molar-refractivity contribution in [3.05, 3.63) is 127 Å². The van der Waals surface area contributed by atoms with Gasteiger partial charge < -0.3 is 9.30 Å². The maximum atomic E-state index is 14.8. The standard InChI is InChI=1S/C29H21N2O2P.B/c32-34(22-12-3-1-4-13-22,23-14-5-2-6-15-23)29-21-11-20-28(30-29)31-24-16-7-9-18-26(24)33-27-19-10-8-17-25(27)31;/h1-21H;. The normalized spacial score (nSPS) is 12.1. The molecule has 0 bridgehead atoms. The zero-order valence-electron chi connectivity index (χ0n) is 18.9. The van der Waals surface area contributed by atoms with Crippen molar-refractivity contribution < 1.29 is 9.30 Å². The zero-order chi connectivity index (χ0) is 23.0. The summed E-state index contributed by atoms with van der Waals surface area (Å²) in [4.78, 5) is 7.09. The van der Waals surface area contributed by atoms with Gasteiger partial charge in [0.15, 0.2) is 18.6 Å². The topological polar surface area (TPSA) is 42.4 Å². The van der Waals surface area contributed by atoms with Gasteiger partial charge in [-0.1, -0.05) is 91.0 Å². The molecule has 6 heteroatoms. The van der Waals surface area contributed by atoms with Crippen LogP contribution in [-0.4, -0.2) is 13.4 Å². The average molecular weight is 471 g/mol. The molecule has 0 atom stereocenters. The van der Waals surface area contributed by atoms with Crippen molar-refractivity contribution in [1.82, 2.24) is 4.98 Å². The third kappa shape index (κ3) is 3.84. The van der Waals surface area contributed by atoms with E-state index in [2.05, 4.69) is 4.90 Å². The van der Waals surface area contributed by atoms with E-state index >= 15 is 0 Å². The molecule has 0 amide bonds. The Hall–Kier alpha value is -4.08. The molecule has 0 saturated heterocycles. The molecule has 4 nitrogen and oxygen atoms in total. The molecular formula is C29H21BN2O2P. The van der Waals surface area contributed by atoms with Crippen LogP contribution in [-0.2, 0) is 4.57 Å². The fourth-order valence-corrected chi connectivity index (χ4v) is 6.90. The quantitative estimate of drug-likeness (QED) is 0.237. The van der Waals surface area contributed by atoms with Crippen LogP contribution in [0.25, 0.3) is 0 Å². The number of hydrogen-bond acceptors (Lipinski definition) is 4. The molecule has 0 N–H and O–H groups in total. The summed E-state index contributed by atoms with van der Waals surface area (Å²) in [7, 11) is -3.19. The summed E-state index contributed by atoms with van der Waals surface area (Å²) in [5, 5.41) is 1.52. The minimum absolute atomic E-state index is 0. The van der Waals surface area contributed by atoms with Crippen molar-refractivity contribution in [2.75, 3.05) is 4.90 Å². The second-order valence-electron chi connectivity index (χ2n) is 8.01. The number of pyridine rings is 1. The smallest absolute Gasteiger partial charge is 0.188 e. The largest absolute Gasteiger partial charge is 0.453 e. The van der Waals surface area contributed by atoms with E-state index in [1.807, 2.05) is 127 Å². The van der Waals surface area contributed by atoms with Gasteiger partial charge in [0.05, 0.1) is 11.4 Å². The fourth-order valence-electron chi connectivity index (χ4n) is 4.35. The number of benzene rings is 4. The molecule has 2 heterocycles. The maximum absolute atomic E-state index is 14.8. The van der Waals surface area contributed by atoms with Crippen LogP contribution >= 0.6 is 7.14 Å². The molecule has 35 heavy (non-hydrogen) atoms. The molecule has 1 aliphatic heterocycles. The Morgan fingerprint density at radius 2 is 1.06 bits per heavy atom. The lowest BCUT2D eigenvalue weighted by atomic mass is 10.1. The van der Waals surface area contributed by atoms with Crippen molar-refractivity contribution >= 4 is 48.8 Å². The minimum Gasteiger partial charge on any atom is -0.453 e. The number of ether oxygens (including phenoxy) is 1. The first-order chi connectivity index (χ1) is 16.7. The predicted molar refractivity (Wildman–Crippen MR) is 144 cm³/mol. The molecular weight excluding hydrogens is 450 g/mol. The van der Waals surface area contributed by atoms with Gasteiger partial charge in [0.2, 0.25) is 0 Å². The van der Waals surface area contributed by atoms with Crippen molar-refractivity contribution in [3.63, 3.8) is 0 Å². The highest BCUT2D eigenvalue weighted by Crippen LogP contribution is 2.50. The number of nitrogens with zero attached hydrogens (tertiary/aromatic N) is 2. The number of aromatic nitrogens is 1. The molecule has 3 radical (unpaired) electrons. The minimum atomic E-state index is -3.19. The summed E-state index contributed by atoms with van der Waals surface area (Å²) in [5.41, 5.74) is 2.32. The summed E-state index contributed by atoms with van der Waals surface area (Å²) < 4.78 is 21.0. The third-order valence-electron chi connectivity index (χ3n) is 5.94. The van der Waals surface area contributed by atoms with Crippen LogP contribution < -0.4 is 25.7 Å². The van der Waals surface area contributed by atoms with Crippen molar-refractivity contribution in [1.29, 1.82) is 0 Å². The molecule has 1 aliphatic rings. The van der Waals surface area contributed by atoms with E-state index in [-0.39, 0.29) is 8.41 Å². The van der Waals surface area contributed by atoms with Crippen molar-refractivity contribution in [3.8, 4) is 11.5 Å². The first kappa shape index (κ1) is 22.7. The fraction of sp³-hybridized carbons (Fsp3) is 0. The molecule has 5 aromatic rings. The monoisotopic (exact) mass is 471 g/mol. The Kier molecular flexibility index (Phi) is 6.02. The van der Waals surface area contributed by atoms with E-state index in [9.17, 15) is 4.57 Å². The SMILES string of the molecule is O=P(c1ccccc1)(c1ccccc1)c1cccc(N2c3ccccc3Oc3ccccc32)n1.[B]. The van der Waals surface area contributed by atoms with Crippen LogP contribution in [0, 0.1) is 0 Å². The molecule has 4 aromatic carbocycles. The van der Waals surface area contributed by atoms with Gasteiger partial charge in [-0.2, -0.15) is 0 Å². The molecule has 0 saturated carbocycles. The van der Waals surface area contributed by atoms with Crippen molar-refractivity contribution in [2.24, 2.45) is 0 Å². The third-order valence-corrected chi connectivity index (χ3v) is 8.89. The van der Waals surface area contributed by atoms with Crippen LogP contribution in [0.4, 0.5) is 17.2 Å². The number of hydrogen-bond donors (Lipinski definition) is 0. The Morgan fingerprint density at radius 3 is 1.60 bits per heavy atom. The molecule has 6 rings (SSSR count). The second-order valence-corrected chi connectivity index (χ2v) is 10.7. The second kappa shape index (κ2) is 9.29. The Bertz CT molecular complexity index is 1440. The van der Waals surface area contributed by atoms with E-state index < -0.39 is 7.14 Å². The lowest BCUT2D eigenvalue weighted by Crippen LogP contribution is -2.28. The maximum Gasteiger partial charge on any atom is 0.188 e. The first-order valence-electron chi connectivity index (χ1n) is 11.1. The van der Waals surface area contributed by atoms with Gasteiger partial charge in [-0.15, -0.1) is 0 Å². The van der Waals surface area contributed by atoms with Crippen molar-refractivity contribution in [2.45, 2.75) is 0 Å². The Labute approximate surface area is 206 Å². The van der Waals surface area contributed by atoms with E-state index in [0.29, 0.717) is 11.3 Å². The van der Waals surface area contributed by atoms with E-state index in [1.54, 1.807) is 0 Å². The van der Waals surface area contributed by atoms with Gasteiger partial charge in [0.25, 0.3) is 0 Å². The number of fused-ring (bicyclic) bond motifs is 2. The summed E-state index contributed by atoms with van der Waals surface area (Å²) in [5.74, 6) is 2.19. The number of para-hydroxylation sites is 4. The van der Waals surface area contributed by atoms with Gasteiger partial charge in [-0.05, 0) is 36.4 Å². The summed E-state index contributed by atoms with van der Waals surface area (Å²) in [6, 6.07) is 40.7. The Morgan fingerprint density at radius 1 is 0.571 bits per heavy atom. The lowest BCUT2D eigenvalue weighted by molar-refractivity contribution is 0.476. The van der Waals surface area contributed by atoms with E-state index in [0.717, 1.165) is 33.5 Å². The summed E-state index contributed by atoms with van der Waals surface area (Å²) >= 11 is 0. The lowest BCUT2D eigenvalue weighted by Gasteiger charge is -2.32. The van der Waals surface area contributed by atoms with Gasteiger partial charge in [-0.25, -0.2) is 4.98 Å². The van der Waals surface area contributed by atoms with Crippen LogP contribution in [0.15, 0.2) is 127 Å². The van der Waals surface area contributed by atoms with Gasteiger partial charge in [0.1, 0.15) is 11.3 Å². The molecule has 0 fully saturated rings. The molecule has 0 spiro atoms. The van der Waals surface area contributed by atoms with Gasteiger partial charge in [0, 0.05) is 19.0 Å². The molecule has 1 aromatic heterocycles. The van der Waals surface area contributed by atoms with Crippen LogP contribution in [0.5, 0.6) is 11.5 Å². The Balaban J connectivity index is 0.00000253. The molecule has 0 unspecified atom stereocenters. The summed E-state index contributed by atoms with van der Waals surface area (Å²) in [6.07, 6.45) is 0. The van der Waals surface area contributed by atoms with E-state index in [4.69, 9.17) is 9.72 Å². The molecule has 167 valence electrons. The number of anilines is 3. The molecule has 0 aliphatic carbocycles. The highest BCUT2D eigenvalue weighted by molar-refractivity contribution is 7.85. The summed E-state index contributed by atoms with van der Waals surface area (Å²) in [6.45, 7) is 0. The average Bonchev–Trinajstić information content (AvgIpc) is 2.92. The van der Waals surface area contributed by atoms with Crippen LogP contribution in [0.3, 0.4) is 0 Å². The highest BCUT2D eigenvalue weighted by atomic mass is 31.2. The highest BCUT2D eigenvalue weighted by Gasteiger charge is 2.33. The van der Waals surface area contributed by atoms with Gasteiger partial charge in [-0.3, -0.25) is 4.90 Å².